The molecule has 0 radical (unpaired) electrons. The number of carbonyl (C=O) groups is 1. The van der Waals surface area contributed by atoms with Gasteiger partial charge in [0.1, 0.15) is 0 Å². The van der Waals surface area contributed by atoms with Gasteiger partial charge in [-0.25, -0.2) is 0 Å². The van der Waals surface area contributed by atoms with Crippen LogP contribution in [0.5, 0.6) is 0 Å². The predicted octanol–water partition coefficient (Wildman–Crippen LogP) is 5.47. The van der Waals surface area contributed by atoms with Crippen molar-refractivity contribution in [3.63, 3.8) is 0 Å². The van der Waals surface area contributed by atoms with E-state index in [1.54, 1.807) is 11.1 Å². The number of aromatic nitrogens is 1. The number of fused-ring (bicyclic) bond motifs is 1. The van der Waals surface area contributed by atoms with E-state index < -0.39 is 20.8 Å². The van der Waals surface area contributed by atoms with Crippen molar-refractivity contribution >= 4 is 86.4 Å². The fourth-order valence-electron chi connectivity index (χ4n) is 3.91. The summed E-state index contributed by atoms with van der Waals surface area (Å²) in [5, 5.41) is 14.9. The lowest BCUT2D eigenvalue weighted by Gasteiger charge is -2.44. The summed E-state index contributed by atoms with van der Waals surface area (Å²) in [6, 6.07) is 15.4. The number of pyridine rings is 1. The van der Waals surface area contributed by atoms with Gasteiger partial charge in [0.25, 0.3) is 5.69 Å². The first-order valence-corrected chi connectivity index (χ1v) is 12.4. The number of alkyl halides is 3. The standard InChI is InChI=1S/C24H20Cl3N5O3S/c25-24(26,27)22(29-20(33)12-9-16-7-10-18(11-8-16)32(34)35)31-15-3-14-30(23(31)36)19-6-1-4-17-5-2-13-28-21(17)19/h1-2,4-13,22H,3,14-15H2,(H,29,33)/b12-9+. The molecule has 0 saturated carbocycles. The topological polar surface area (TPSA) is 91.6 Å². The number of benzene rings is 2. The quantitative estimate of drug-likeness (QED) is 0.140. The van der Waals surface area contributed by atoms with Gasteiger partial charge in [-0.2, -0.15) is 0 Å². The molecule has 1 N–H and O–H groups in total. The SMILES string of the molecule is O=C(/C=C/c1ccc([N+](=O)[O-])cc1)NC(N1CCCN(c2cccc3cccnc23)C1=S)C(Cl)(Cl)Cl. The number of hydrogen-bond acceptors (Lipinski definition) is 5. The molecule has 1 unspecified atom stereocenters. The molecule has 8 nitrogen and oxygen atoms in total. The van der Waals surface area contributed by atoms with Gasteiger partial charge >= 0.3 is 0 Å². The van der Waals surface area contributed by atoms with Crippen molar-refractivity contribution in [3.8, 4) is 0 Å². The van der Waals surface area contributed by atoms with E-state index in [4.69, 9.17) is 47.0 Å². The van der Waals surface area contributed by atoms with Crippen molar-refractivity contribution in [2.75, 3.05) is 18.0 Å². The molecule has 0 spiro atoms. The molecule has 1 aliphatic heterocycles. The van der Waals surface area contributed by atoms with Gasteiger partial charge in [-0.05, 0) is 54.5 Å². The lowest BCUT2D eigenvalue weighted by atomic mass is 10.1. The minimum Gasteiger partial charge on any atom is -0.328 e. The summed E-state index contributed by atoms with van der Waals surface area (Å²) >= 11 is 24.7. The van der Waals surface area contributed by atoms with Crippen LogP contribution in [0.3, 0.4) is 0 Å². The van der Waals surface area contributed by atoms with Crippen molar-refractivity contribution < 1.29 is 9.72 Å². The molecule has 3 aromatic rings. The Kier molecular flexibility index (Phi) is 7.94. The van der Waals surface area contributed by atoms with Crippen molar-refractivity contribution in [1.29, 1.82) is 0 Å². The third-order valence-corrected chi connectivity index (χ3v) is 6.67. The first kappa shape index (κ1) is 26.1. The average Bonchev–Trinajstić information content (AvgIpc) is 2.86. The molecule has 1 atom stereocenters. The average molecular weight is 565 g/mol. The molecule has 36 heavy (non-hydrogen) atoms. The van der Waals surface area contributed by atoms with Crippen molar-refractivity contribution in [3.05, 3.63) is 82.5 Å². The van der Waals surface area contributed by atoms with E-state index >= 15 is 0 Å². The van der Waals surface area contributed by atoms with Crippen LogP contribution in [0, 0.1) is 10.1 Å². The van der Waals surface area contributed by atoms with E-state index in [2.05, 4.69) is 10.3 Å². The first-order chi connectivity index (χ1) is 17.1. The highest BCUT2D eigenvalue weighted by atomic mass is 35.6. The third-order valence-electron chi connectivity index (χ3n) is 5.59. The Balaban J connectivity index is 1.54. The summed E-state index contributed by atoms with van der Waals surface area (Å²) in [6.07, 6.45) is 4.16. The molecule has 1 amide bonds. The fraction of sp³-hybridized carbons (Fsp3) is 0.208. The lowest BCUT2D eigenvalue weighted by molar-refractivity contribution is -0.384. The highest BCUT2D eigenvalue weighted by molar-refractivity contribution is 7.80. The van der Waals surface area contributed by atoms with Crippen LogP contribution < -0.4 is 10.2 Å². The van der Waals surface area contributed by atoms with E-state index in [0.717, 1.165) is 16.6 Å². The van der Waals surface area contributed by atoms with Gasteiger partial charge in [-0.3, -0.25) is 19.9 Å². The maximum Gasteiger partial charge on any atom is 0.269 e. The molecule has 1 fully saturated rings. The number of carbonyl (C=O) groups excluding carboxylic acids is 1. The van der Waals surface area contributed by atoms with Gasteiger partial charge in [0.05, 0.1) is 16.1 Å². The number of halogens is 3. The van der Waals surface area contributed by atoms with Gasteiger partial charge in [-0.15, -0.1) is 0 Å². The Morgan fingerprint density at radius 1 is 1.14 bits per heavy atom. The van der Waals surface area contributed by atoms with E-state index in [0.29, 0.717) is 30.2 Å². The number of amides is 1. The summed E-state index contributed by atoms with van der Waals surface area (Å²) in [5.41, 5.74) is 2.18. The molecule has 1 aromatic heterocycles. The number of non-ortho nitro benzene ring substituents is 1. The second-order valence-corrected chi connectivity index (χ2v) is 10.7. The number of para-hydroxylation sites is 1. The zero-order chi connectivity index (χ0) is 25.9. The number of nitrogens with one attached hydrogen (secondary N) is 1. The summed E-state index contributed by atoms with van der Waals surface area (Å²) in [5.74, 6) is -0.517. The smallest absolute Gasteiger partial charge is 0.269 e. The summed E-state index contributed by atoms with van der Waals surface area (Å²) < 4.78 is -1.89. The molecule has 2 aromatic carbocycles. The Labute approximate surface area is 227 Å². The maximum absolute atomic E-state index is 12.7. The van der Waals surface area contributed by atoms with Gasteiger partial charge in [0, 0.05) is 42.9 Å². The Morgan fingerprint density at radius 2 is 1.86 bits per heavy atom. The van der Waals surface area contributed by atoms with Crippen molar-refractivity contribution in [2.24, 2.45) is 0 Å². The molecule has 1 aliphatic rings. The van der Waals surface area contributed by atoms with Crippen LogP contribution in [0.15, 0.2) is 66.9 Å². The minimum absolute atomic E-state index is 0.0440. The van der Waals surface area contributed by atoms with Gasteiger partial charge in [0.2, 0.25) is 9.70 Å². The summed E-state index contributed by atoms with van der Waals surface area (Å²) in [7, 11) is 0. The first-order valence-electron chi connectivity index (χ1n) is 10.9. The van der Waals surface area contributed by atoms with Crippen LogP contribution in [0.1, 0.15) is 12.0 Å². The highest BCUT2D eigenvalue weighted by Crippen LogP contribution is 2.35. The van der Waals surface area contributed by atoms with Crippen LogP contribution in [0.2, 0.25) is 0 Å². The number of nitro groups is 1. The second kappa shape index (κ2) is 11.0. The van der Waals surface area contributed by atoms with Gasteiger partial charge in [0.15, 0.2) is 11.3 Å². The number of hydrogen-bond donors (Lipinski definition) is 1. The Hall–Kier alpha value is -2.98. The van der Waals surface area contributed by atoms with Crippen LogP contribution in [-0.2, 0) is 4.79 Å². The number of anilines is 1. The molecule has 2 heterocycles. The number of nitro benzene ring substituents is 1. The minimum atomic E-state index is -1.89. The maximum atomic E-state index is 12.7. The number of nitrogens with zero attached hydrogens (tertiary/aromatic N) is 4. The lowest BCUT2D eigenvalue weighted by Crippen LogP contribution is -2.62. The normalized spacial score (nSPS) is 15.4. The highest BCUT2D eigenvalue weighted by Gasteiger charge is 2.42. The van der Waals surface area contributed by atoms with E-state index in [1.807, 2.05) is 35.2 Å². The number of thiocarbonyl (C=S) groups is 1. The molecule has 4 rings (SSSR count). The summed E-state index contributed by atoms with van der Waals surface area (Å²) in [6.45, 7) is 1.12. The van der Waals surface area contributed by atoms with Crippen molar-refractivity contribution in [1.82, 2.24) is 15.2 Å². The zero-order valence-corrected chi connectivity index (χ0v) is 21.8. The van der Waals surface area contributed by atoms with Crippen LogP contribution in [0.25, 0.3) is 17.0 Å². The van der Waals surface area contributed by atoms with Crippen LogP contribution >= 0.6 is 47.0 Å². The van der Waals surface area contributed by atoms with Gasteiger partial charge in [-0.1, -0.05) is 53.0 Å². The fourth-order valence-corrected chi connectivity index (χ4v) is 4.82. The summed E-state index contributed by atoms with van der Waals surface area (Å²) in [4.78, 5) is 31.2. The largest absolute Gasteiger partial charge is 0.328 e. The van der Waals surface area contributed by atoms with Crippen LogP contribution in [-0.4, -0.2) is 48.9 Å². The van der Waals surface area contributed by atoms with E-state index in [-0.39, 0.29) is 5.69 Å². The molecule has 186 valence electrons. The van der Waals surface area contributed by atoms with Crippen LogP contribution in [0.4, 0.5) is 11.4 Å². The molecular formula is C24H20Cl3N5O3S. The molecule has 1 saturated heterocycles. The second-order valence-electron chi connectivity index (χ2n) is 7.97. The predicted molar refractivity (Wildman–Crippen MR) is 147 cm³/mol. The Morgan fingerprint density at radius 3 is 2.56 bits per heavy atom. The zero-order valence-electron chi connectivity index (χ0n) is 18.7. The van der Waals surface area contributed by atoms with E-state index in [1.165, 1.54) is 36.4 Å². The number of rotatable bonds is 6. The monoisotopic (exact) mass is 563 g/mol. The third kappa shape index (κ3) is 5.87. The van der Waals surface area contributed by atoms with E-state index in [9.17, 15) is 14.9 Å². The van der Waals surface area contributed by atoms with Crippen molar-refractivity contribution in [2.45, 2.75) is 16.4 Å². The molecule has 12 heteroatoms. The Bertz CT molecular complexity index is 1330. The molecule has 0 aliphatic carbocycles. The molecule has 0 bridgehead atoms. The molecular weight excluding hydrogens is 545 g/mol. The van der Waals surface area contributed by atoms with Gasteiger partial charge < -0.3 is 15.1 Å².